The standard InChI is InChI=1S/CH2O.Mo.2S/c1-2;;;/h1H2;;;. The number of rotatable bonds is 0. The molecule has 0 rings (SSSR count). The van der Waals surface area contributed by atoms with Crippen LogP contribution in [0.25, 0.3) is 0 Å². The van der Waals surface area contributed by atoms with Crippen LogP contribution in [0.4, 0.5) is 0 Å². The van der Waals surface area contributed by atoms with E-state index in [0.29, 0.717) is 0 Å². The molecular formula is CH2MoOS2. The van der Waals surface area contributed by atoms with Crippen molar-refractivity contribution in [1.82, 2.24) is 0 Å². The minimum atomic E-state index is -0.363. The van der Waals surface area contributed by atoms with Gasteiger partial charge < -0.3 is 4.79 Å². The second-order valence-corrected chi connectivity index (χ2v) is 3.62. The molecule has 0 aliphatic heterocycles. The SMILES string of the molecule is C=O.[S]=[Mo]=[S]. The molecule has 0 spiro atoms. The molecule has 0 fully saturated rings. The molecule has 0 aliphatic carbocycles. The fourth-order valence-corrected chi connectivity index (χ4v) is 0. The molecule has 0 aromatic carbocycles. The van der Waals surface area contributed by atoms with Crippen molar-refractivity contribution in [3.8, 4) is 0 Å². The van der Waals surface area contributed by atoms with Gasteiger partial charge in [0.25, 0.3) is 0 Å². The van der Waals surface area contributed by atoms with Crippen molar-refractivity contribution in [2.45, 2.75) is 0 Å². The normalized spacial score (nSPS) is 3.20. The zero-order chi connectivity index (χ0) is 4.71. The van der Waals surface area contributed by atoms with E-state index in [0.717, 1.165) is 0 Å². The summed E-state index contributed by atoms with van der Waals surface area (Å²) in [6.07, 6.45) is 0. The Hall–Kier alpha value is 0.798. The van der Waals surface area contributed by atoms with Gasteiger partial charge in [-0.2, -0.15) is 0 Å². The predicted octanol–water partition coefficient (Wildman–Crippen LogP) is 1.11. The zero-order valence-corrected chi connectivity index (χ0v) is 5.98. The average molecular weight is 190 g/mol. The molecule has 0 aliphatic rings. The molecule has 0 saturated carbocycles. The van der Waals surface area contributed by atoms with Gasteiger partial charge in [0.05, 0.1) is 0 Å². The Morgan fingerprint density at radius 3 is 1.40 bits per heavy atom. The third-order valence-corrected chi connectivity index (χ3v) is 0. The molecule has 0 heterocycles. The number of carbonyl (C=O) groups is 1. The van der Waals surface area contributed by atoms with Crippen LogP contribution in [-0.2, 0) is 19.7 Å². The van der Waals surface area contributed by atoms with E-state index in [1.54, 1.807) is 0 Å². The van der Waals surface area contributed by atoms with E-state index in [1.165, 1.54) is 0 Å². The first-order valence-corrected chi connectivity index (χ1v) is 6.20. The van der Waals surface area contributed by atoms with Crippen molar-refractivity contribution in [3.63, 3.8) is 0 Å². The van der Waals surface area contributed by atoms with Crippen LogP contribution in [0.1, 0.15) is 0 Å². The van der Waals surface area contributed by atoms with E-state index < -0.39 is 0 Å². The van der Waals surface area contributed by atoms with Gasteiger partial charge in [-0.15, -0.1) is 0 Å². The molecular weight excluding hydrogens is 188 g/mol. The minimum absolute atomic E-state index is 0.363. The Labute approximate surface area is 46.2 Å². The molecule has 0 aromatic heterocycles. The molecule has 0 N–H and O–H groups in total. The van der Waals surface area contributed by atoms with Gasteiger partial charge in [0.2, 0.25) is 0 Å². The van der Waals surface area contributed by atoms with Crippen molar-refractivity contribution in [3.05, 3.63) is 0 Å². The first kappa shape index (κ1) is 9.25. The summed E-state index contributed by atoms with van der Waals surface area (Å²) in [5.41, 5.74) is 0. The molecule has 0 atom stereocenters. The summed E-state index contributed by atoms with van der Waals surface area (Å²) in [7, 11) is 8.68. The van der Waals surface area contributed by atoms with Gasteiger partial charge in [-0.05, 0) is 0 Å². The van der Waals surface area contributed by atoms with Crippen molar-refractivity contribution in [2.24, 2.45) is 0 Å². The topological polar surface area (TPSA) is 17.1 Å². The van der Waals surface area contributed by atoms with Gasteiger partial charge in [-0.1, -0.05) is 0 Å². The van der Waals surface area contributed by atoms with E-state index in [4.69, 9.17) is 4.79 Å². The second kappa shape index (κ2) is 21.4. The maximum atomic E-state index is 8.00. The summed E-state index contributed by atoms with van der Waals surface area (Å²) in [5, 5.41) is 0. The van der Waals surface area contributed by atoms with Crippen LogP contribution in [0, 0.1) is 0 Å². The fraction of sp³-hybridized carbons (Fsp3) is 0. The van der Waals surface area contributed by atoms with Gasteiger partial charge in [0.1, 0.15) is 6.79 Å². The molecule has 0 amide bonds. The quantitative estimate of drug-likeness (QED) is 0.532. The van der Waals surface area contributed by atoms with Crippen molar-refractivity contribution in [2.75, 3.05) is 0 Å². The van der Waals surface area contributed by atoms with Crippen molar-refractivity contribution in [1.29, 1.82) is 0 Å². The van der Waals surface area contributed by atoms with Crippen LogP contribution >= 0.6 is 19.6 Å². The average Bonchev–Trinajstić information content (AvgIpc) is 1.46. The van der Waals surface area contributed by atoms with E-state index in [-0.39, 0.29) is 14.9 Å². The zero-order valence-electron chi connectivity index (χ0n) is 2.34. The van der Waals surface area contributed by atoms with E-state index >= 15 is 0 Å². The molecule has 0 aromatic rings. The Bertz CT molecular complexity index is 38.9. The third-order valence-electron chi connectivity index (χ3n) is 0. The molecule has 1 nitrogen and oxygen atoms in total. The number of carbonyl (C=O) groups excluding carboxylic acids is 1. The Morgan fingerprint density at radius 2 is 1.40 bits per heavy atom. The molecule has 0 saturated heterocycles. The van der Waals surface area contributed by atoms with E-state index in [1.807, 2.05) is 6.79 Å². The monoisotopic (exact) mass is 192 g/mol. The Kier molecular flexibility index (Phi) is 39.6. The molecule has 0 radical (unpaired) electrons. The van der Waals surface area contributed by atoms with Crippen LogP contribution in [0.5, 0.6) is 0 Å². The maximum absolute atomic E-state index is 8.00. The van der Waals surface area contributed by atoms with Gasteiger partial charge in [0.15, 0.2) is 0 Å². The molecule has 5 heavy (non-hydrogen) atoms. The van der Waals surface area contributed by atoms with Crippen LogP contribution in [0.15, 0.2) is 0 Å². The fourth-order valence-electron chi connectivity index (χ4n) is 0. The van der Waals surface area contributed by atoms with E-state index in [9.17, 15) is 0 Å². The van der Waals surface area contributed by atoms with Crippen LogP contribution in [-0.4, -0.2) is 6.79 Å². The summed E-state index contributed by atoms with van der Waals surface area (Å²) in [6.45, 7) is 2.00. The van der Waals surface area contributed by atoms with Gasteiger partial charge in [-0.3, -0.25) is 0 Å². The summed E-state index contributed by atoms with van der Waals surface area (Å²) in [5.74, 6) is 0. The second-order valence-electron chi connectivity index (χ2n) is 0.0680. The predicted molar refractivity (Wildman–Crippen MR) is 22.3 cm³/mol. The Morgan fingerprint density at radius 1 is 1.40 bits per heavy atom. The molecule has 30 valence electrons. The Balaban J connectivity index is 0. The van der Waals surface area contributed by atoms with Gasteiger partial charge in [-0.25, -0.2) is 0 Å². The van der Waals surface area contributed by atoms with Crippen LogP contribution < -0.4 is 0 Å². The summed E-state index contributed by atoms with van der Waals surface area (Å²) in [4.78, 5) is 8.00. The molecule has 0 unspecified atom stereocenters. The third kappa shape index (κ3) is 59.0. The first-order chi connectivity index (χ1) is 2.41. The van der Waals surface area contributed by atoms with Gasteiger partial charge >= 0.3 is 34.6 Å². The summed E-state index contributed by atoms with van der Waals surface area (Å²) in [6, 6.07) is 0. The summed E-state index contributed by atoms with van der Waals surface area (Å²) < 4.78 is 0. The molecule has 0 bridgehead atoms. The first-order valence-electron chi connectivity index (χ1n) is 0.622. The van der Waals surface area contributed by atoms with Gasteiger partial charge in [0, 0.05) is 0 Å². The number of hydrogen-bond donors (Lipinski definition) is 0. The summed E-state index contributed by atoms with van der Waals surface area (Å²) >= 11 is -0.363. The van der Waals surface area contributed by atoms with Crippen molar-refractivity contribution < 1.29 is 19.7 Å². The number of hydrogen-bond acceptors (Lipinski definition) is 3. The van der Waals surface area contributed by atoms with Crippen molar-refractivity contribution >= 4 is 26.4 Å². The molecule has 4 heteroatoms. The van der Waals surface area contributed by atoms with Crippen LogP contribution in [0.3, 0.4) is 0 Å². The van der Waals surface area contributed by atoms with Crippen LogP contribution in [0.2, 0.25) is 0 Å². The van der Waals surface area contributed by atoms with E-state index in [2.05, 4.69) is 19.6 Å².